The smallest absolute Gasteiger partial charge is 0.222 e. The van der Waals surface area contributed by atoms with Crippen molar-refractivity contribution in [1.82, 2.24) is 5.32 Å². The maximum absolute atomic E-state index is 11.8. The largest absolute Gasteiger partial charge is 0.359 e. The van der Waals surface area contributed by atoms with Crippen molar-refractivity contribution in [2.75, 3.05) is 7.05 Å². The first-order valence-corrected chi connectivity index (χ1v) is 8.47. The van der Waals surface area contributed by atoms with E-state index in [1.165, 1.54) is 64.2 Å². The van der Waals surface area contributed by atoms with Crippen molar-refractivity contribution >= 4 is 5.91 Å². The fraction of sp³-hybridized carbons (Fsp3) is 0.941. The van der Waals surface area contributed by atoms with Crippen molar-refractivity contribution in [3.05, 3.63) is 0 Å². The molecule has 1 amide bonds. The van der Waals surface area contributed by atoms with Crippen molar-refractivity contribution in [3.8, 4) is 0 Å². The van der Waals surface area contributed by atoms with Gasteiger partial charge >= 0.3 is 0 Å². The SMILES string of the molecule is CCCCCCCCC(CCCCCC)C(=O)NC. The lowest BCUT2D eigenvalue weighted by Crippen LogP contribution is -2.27. The van der Waals surface area contributed by atoms with E-state index in [-0.39, 0.29) is 11.8 Å². The Morgan fingerprint density at radius 1 is 0.789 bits per heavy atom. The average molecular weight is 269 g/mol. The fourth-order valence-electron chi connectivity index (χ4n) is 2.60. The highest BCUT2D eigenvalue weighted by Crippen LogP contribution is 2.19. The van der Waals surface area contributed by atoms with Crippen molar-refractivity contribution in [3.63, 3.8) is 0 Å². The standard InChI is InChI=1S/C17H35NO/c1-4-6-8-10-11-13-15-16(17(19)18-3)14-12-9-7-5-2/h16H,4-15H2,1-3H3,(H,18,19). The topological polar surface area (TPSA) is 29.1 Å². The second-order valence-corrected chi connectivity index (χ2v) is 5.72. The van der Waals surface area contributed by atoms with E-state index >= 15 is 0 Å². The minimum absolute atomic E-state index is 0.255. The summed E-state index contributed by atoms with van der Waals surface area (Å²) in [7, 11) is 1.77. The van der Waals surface area contributed by atoms with Crippen LogP contribution in [0.3, 0.4) is 0 Å². The molecule has 0 bridgehead atoms. The first-order valence-electron chi connectivity index (χ1n) is 8.47. The third kappa shape index (κ3) is 11.0. The number of rotatable bonds is 13. The molecule has 0 rings (SSSR count). The van der Waals surface area contributed by atoms with E-state index in [1.807, 2.05) is 0 Å². The number of hydrogen-bond acceptors (Lipinski definition) is 1. The van der Waals surface area contributed by atoms with Crippen molar-refractivity contribution in [2.24, 2.45) is 5.92 Å². The zero-order chi connectivity index (χ0) is 14.3. The van der Waals surface area contributed by atoms with Crippen LogP contribution in [0.4, 0.5) is 0 Å². The van der Waals surface area contributed by atoms with Crippen LogP contribution in [0.25, 0.3) is 0 Å². The molecular weight excluding hydrogens is 234 g/mol. The molecule has 0 aromatic carbocycles. The molecule has 0 aliphatic rings. The summed E-state index contributed by atoms with van der Waals surface area (Å²) in [4.78, 5) is 11.8. The van der Waals surface area contributed by atoms with Gasteiger partial charge in [-0.25, -0.2) is 0 Å². The van der Waals surface area contributed by atoms with Gasteiger partial charge in [0.05, 0.1) is 0 Å². The highest BCUT2D eigenvalue weighted by Gasteiger charge is 2.15. The molecule has 1 N–H and O–H groups in total. The Balaban J connectivity index is 3.71. The molecule has 1 unspecified atom stereocenters. The van der Waals surface area contributed by atoms with Crippen LogP contribution in [0.5, 0.6) is 0 Å². The molecule has 0 radical (unpaired) electrons. The minimum Gasteiger partial charge on any atom is -0.359 e. The summed E-state index contributed by atoms with van der Waals surface area (Å²) in [6.45, 7) is 4.48. The molecule has 0 fully saturated rings. The summed E-state index contributed by atoms with van der Waals surface area (Å²) in [5.74, 6) is 0.512. The van der Waals surface area contributed by atoms with Crippen LogP contribution < -0.4 is 5.32 Å². The van der Waals surface area contributed by atoms with Crippen LogP contribution >= 0.6 is 0 Å². The summed E-state index contributed by atoms with van der Waals surface area (Å²) >= 11 is 0. The van der Waals surface area contributed by atoms with E-state index in [2.05, 4.69) is 19.2 Å². The van der Waals surface area contributed by atoms with Gasteiger partial charge in [-0.1, -0.05) is 78.1 Å². The molecule has 19 heavy (non-hydrogen) atoms. The van der Waals surface area contributed by atoms with Gasteiger partial charge in [0.25, 0.3) is 0 Å². The van der Waals surface area contributed by atoms with E-state index in [0.717, 1.165) is 12.8 Å². The Morgan fingerprint density at radius 2 is 1.21 bits per heavy atom. The first kappa shape index (κ1) is 18.5. The predicted molar refractivity (Wildman–Crippen MR) is 84.3 cm³/mol. The van der Waals surface area contributed by atoms with Gasteiger partial charge in [-0.3, -0.25) is 4.79 Å². The molecule has 0 spiro atoms. The van der Waals surface area contributed by atoms with E-state index in [9.17, 15) is 4.79 Å². The molecule has 0 saturated carbocycles. The van der Waals surface area contributed by atoms with Crippen molar-refractivity contribution in [1.29, 1.82) is 0 Å². The van der Waals surface area contributed by atoms with Crippen LogP contribution in [0.1, 0.15) is 90.9 Å². The Kier molecular flexibility index (Phi) is 13.5. The van der Waals surface area contributed by atoms with Gasteiger partial charge < -0.3 is 5.32 Å². The molecule has 0 aliphatic carbocycles. The zero-order valence-corrected chi connectivity index (χ0v) is 13.5. The van der Waals surface area contributed by atoms with Gasteiger partial charge in [0.15, 0.2) is 0 Å². The maximum atomic E-state index is 11.8. The summed E-state index contributed by atoms with van der Waals surface area (Å²) < 4.78 is 0. The monoisotopic (exact) mass is 269 g/mol. The average Bonchev–Trinajstić information content (AvgIpc) is 2.44. The Hall–Kier alpha value is -0.530. The molecule has 0 aromatic heterocycles. The Bertz CT molecular complexity index is 203. The highest BCUT2D eigenvalue weighted by atomic mass is 16.1. The van der Waals surface area contributed by atoms with Gasteiger partial charge in [0.1, 0.15) is 0 Å². The predicted octanol–water partition coefficient (Wildman–Crippen LogP) is 5.07. The normalized spacial score (nSPS) is 12.4. The van der Waals surface area contributed by atoms with Crippen LogP contribution in [-0.2, 0) is 4.79 Å². The Labute approximate surface area is 120 Å². The van der Waals surface area contributed by atoms with Crippen molar-refractivity contribution in [2.45, 2.75) is 90.9 Å². The molecule has 0 aliphatic heterocycles. The molecule has 0 aromatic rings. The molecule has 0 heterocycles. The number of carbonyl (C=O) groups is 1. The first-order chi connectivity index (χ1) is 9.26. The summed E-state index contributed by atoms with van der Waals surface area (Å²) in [6.07, 6.45) is 15.1. The summed E-state index contributed by atoms with van der Waals surface area (Å²) in [5.41, 5.74) is 0. The molecule has 2 heteroatoms. The molecule has 1 atom stereocenters. The minimum atomic E-state index is 0.255. The number of carbonyl (C=O) groups excluding carboxylic acids is 1. The molecule has 0 saturated heterocycles. The quantitative estimate of drug-likeness (QED) is 0.465. The number of amides is 1. The van der Waals surface area contributed by atoms with Crippen LogP contribution in [-0.4, -0.2) is 13.0 Å². The number of hydrogen-bond donors (Lipinski definition) is 1. The lowest BCUT2D eigenvalue weighted by atomic mass is 9.93. The maximum Gasteiger partial charge on any atom is 0.222 e. The lowest BCUT2D eigenvalue weighted by molar-refractivity contribution is -0.125. The van der Waals surface area contributed by atoms with Crippen molar-refractivity contribution < 1.29 is 4.79 Å². The third-order valence-electron chi connectivity index (χ3n) is 3.93. The van der Waals surface area contributed by atoms with E-state index < -0.39 is 0 Å². The number of unbranched alkanes of at least 4 members (excludes halogenated alkanes) is 8. The third-order valence-corrected chi connectivity index (χ3v) is 3.93. The fourth-order valence-corrected chi connectivity index (χ4v) is 2.60. The van der Waals surface area contributed by atoms with E-state index in [1.54, 1.807) is 7.05 Å². The van der Waals surface area contributed by atoms with Crippen LogP contribution in [0.2, 0.25) is 0 Å². The lowest BCUT2D eigenvalue weighted by Gasteiger charge is -2.15. The second-order valence-electron chi connectivity index (χ2n) is 5.72. The molecule has 114 valence electrons. The van der Waals surface area contributed by atoms with Gasteiger partial charge in [-0.15, -0.1) is 0 Å². The van der Waals surface area contributed by atoms with Crippen LogP contribution in [0, 0.1) is 5.92 Å². The van der Waals surface area contributed by atoms with Gasteiger partial charge in [0, 0.05) is 13.0 Å². The molecular formula is C17H35NO. The zero-order valence-electron chi connectivity index (χ0n) is 13.5. The van der Waals surface area contributed by atoms with Gasteiger partial charge in [-0.05, 0) is 12.8 Å². The van der Waals surface area contributed by atoms with E-state index in [4.69, 9.17) is 0 Å². The summed E-state index contributed by atoms with van der Waals surface area (Å²) in [5, 5.41) is 2.83. The highest BCUT2D eigenvalue weighted by molar-refractivity contribution is 5.78. The number of nitrogens with one attached hydrogen (secondary N) is 1. The van der Waals surface area contributed by atoms with Gasteiger partial charge in [0.2, 0.25) is 5.91 Å². The Morgan fingerprint density at radius 3 is 1.68 bits per heavy atom. The summed E-state index contributed by atoms with van der Waals surface area (Å²) in [6, 6.07) is 0. The second kappa shape index (κ2) is 13.9. The van der Waals surface area contributed by atoms with Gasteiger partial charge in [-0.2, -0.15) is 0 Å². The molecule has 2 nitrogen and oxygen atoms in total. The van der Waals surface area contributed by atoms with Crippen LogP contribution in [0.15, 0.2) is 0 Å². The van der Waals surface area contributed by atoms with E-state index in [0.29, 0.717) is 0 Å².